The van der Waals surface area contributed by atoms with Crippen molar-refractivity contribution in [2.75, 3.05) is 0 Å². The first kappa shape index (κ1) is 34.2. The van der Waals surface area contributed by atoms with Crippen LogP contribution in [0.1, 0.15) is 25.0 Å². The van der Waals surface area contributed by atoms with Crippen LogP contribution in [-0.2, 0) is 5.41 Å². The Kier molecular flexibility index (Phi) is 7.47. The second kappa shape index (κ2) is 13.1. The molecule has 0 saturated carbocycles. The fourth-order valence-electron chi connectivity index (χ4n) is 9.10. The second-order valence-electron chi connectivity index (χ2n) is 16.1. The average molecular weight is 773 g/mol. The zero-order chi connectivity index (χ0) is 40.0. The van der Waals surface area contributed by atoms with E-state index in [0.717, 1.165) is 39.3 Å². The molecule has 60 heavy (non-hydrogen) atoms. The minimum Gasteiger partial charge on any atom is -0.450 e. The first-order chi connectivity index (χ1) is 29.5. The van der Waals surface area contributed by atoms with Crippen LogP contribution in [0.15, 0.2) is 182 Å². The number of aromatic nitrogens is 4. The van der Waals surface area contributed by atoms with E-state index < -0.39 is 0 Å². The van der Waals surface area contributed by atoms with Gasteiger partial charge in [-0.15, -0.1) is 0 Å². The van der Waals surface area contributed by atoms with Crippen LogP contribution in [0.3, 0.4) is 0 Å². The Hall–Kier alpha value is -7.83. The van der Waals surface area contributed by atoms with E-state index in [-0.39, 0.29) is 5.41 Å². The molecule has 6 nitrogen and oxygen atoms in total. The van der Waals surface area contributed by atoms with E-state index in [2.05, 4.69) is 158 Å². The van der Waals surface area contributed by atoms with Crippen LogP contribution in [-0.4, -0.2) is 19.5 Å². The Morgan fingerprint density at radius 2 is 0.917 bits per heavy atom. The Bertz CT molecular complexity index is 3300. The highest BCUT2D eigenvalue weighted by Crippen LogP contribution is 2.55. The lowest BCUT2D eigenvalue weighted by Gasteiger charge is -2.25. The Labute approximate surface area is 347 Å². The number of nitrogens with zero attached hydrogens (tertiary/aromatic N) is 4. The van der Waals surface area contributed by atoms with Crippen molar-refractivity contribution < 1.29 is 9.47 Å². The summed E-state index contributed by atoms with van der Waals surface area (Å²) in [7, 11) is 0. The average Bonchev–Trinajstić information content (AvgIpc) is 3.75. The summed E-state index contributed by atoms with van der Waals surface area (Å²) in [5.74, 6) is 4.63. The molecule has 1 aliphatic carbocycles. The normalized spacial score (nSPS) is 13.2. The molecular formula is C54H36N4O2. The van der Waals surface area contributed by atoms with Crippen molar-refractivity contribution in [2.45, 2.75) is 19.3 Å². The molecule has 0 radical (unpaired) electrons. The molecule has 0 amide bonds. The summed E-state index contributed by atoms with van der Waals surface area (Å²) in [5.41, 5.74) is 13.0. The van der Waals surface area contributed by atoms with Crippen molar-refractivity contribution in [1.82, 2.24) is 19.5 Å². The Morgan fingerprint density at radius 1 is 0.383 bits per heavy atom. The van der Waals surface area contributed by atoms with Crippen molar-refractivity contribution in [2.24, 2.45) is 0 Å². The molecule has 3 heterocycles. The van der Waals surface area contributed by atoms with Crippen LogP contribution >= 0.6 is 0 Å². The SMILES string of the molecule is CC1(C)c2ccccc2-c2cc3c(cc21)Oc1ccc(-c2cccc(-c4nc(-c5ccccc5)nc(-c5ccc(-n6c7ccccc7c7ccccc76)cc5)n4)c2)cc1O3. The molecule has 284 valence electrons. The van der Waals surface area contributed by atoms with Crippen molar-refractivity contribution in [3.05, 3.63) is 193 Å². The van der Waals surface area contributed by atoms with Crippen LogP contribution in [0.4, 0.5) is 0 Å². The van der Waals surface area contributed by atoms with Crippen LogP contribution in [0, 0.1) is 0 Å². The summed E-state index contributed by atoms with van der Waals surface area (Å²) in [4.78, 5) is 15.2. The lowest BCUT2D eigenvalue weighted by Crippen LogP contribution is -2.15. The van der Waals surface area contributed by atoms with E-state index in [1.165, 1.54) is 44.1 Å². The Morgan fingerprint density at radius 3 is 1.67 bits per heavy atom. The molecule has 0 N–H and O–H groups in total. The van der Waals surface area contributed by atoms with Gasteiger partial charge in [0.15, 0.2) is 40.5 Å². The van der Waals surface area contributed by atoms with Gasteiger partial charge in [-0.05, 0) is 100 Å². The van der Waals surface area contributed by atoms with Gasteiger partial charge in [0, 0.05) is 38.6 Å². The molecule has 0 spiro atoms. The van der Waals surface area contributed by atoms with Crippen LogP contribution in [0.2, 0.25) is 0 Å². The third-order valence-corrected chi connectivity index (χ3v) is 12.1. The van der Waals surface area contributed by atoms with Gasteiger partial charge in [-0.3, -0.25) is 0 Å². The predicted octanol–water partition coefficient (Wildman–Crippen LogP) is 13.8. The number of benzene rings is 8. The molecule has 10 aromatic rings. The van der Waals surface area contributed by atoms with Crippen molar-refractivity contribution in [3.8, 4) is 85.1 Å². The zero-order valence-electron chi connectivity index (χ0n) is 32.9. The summed E-state index contributed by atoms with van der Waals surface area (Å²) in [6.45, 7) is 4.54. The quantitative estimate of drug-likeness (QED) is 0.174. The summed E-state index contributed by atoms with van der Waals surface area (Å²) < 4.78 is 15.4. The van der Waals surface area contributed by atoms with E-state index in [1.54, 1.807) is 0 Å². The summed E-state index contributed by atoms with van der Waals surface area (Å²) in [5, 5.41) is 2.46. The molecule has 0 atom stereocenters. The lowest BCUT2D eigenvalue weighted by molar-refractivity contribution is 0.359. The van der Waals surface area contributed by atoms with Crippen molar-refractivity contribution in [1.29, 1.82) is 0 Å². The maximum atomic E-state index is 6.61. The van der Waals surface area contributed by atoms with E-state index in [9.17, 15) is 0 Å². The maximum absolute atomic E-state index is 6.61. The fraction of sp³-hybridized carbons (Fsp3) is 0.0556. The molecular weight excluding hydrogens is 737 g/mol. The van der Waals surface area contributed by atoms with E-state index in [0.29, 0.717) is 34.7 Å². The number of hydrogen-bond donors (Lipinski definition) is 0. The predicted molar refractivity (Wildman–Crippen MR) is 240 cm³/mol. The number of rotatable bonds is 5. The van der Waals surface area contributed by atoms with Gasteiger partial charge in [-0.25, -0.2) is 15.0 Å². The first-order valence-corrected chi connectivity index (χ1v) is 20.3. The number of hydrogen-bond acceptors (Lipinski definition) is 5. The molecule has 2 aliphatic rings. The topological polar surface area (TPSA) is 62.1 Å². The fourth-order valence-corrected chi connectivity index (χ4v) is 9.10. The lowest BCUT2D eigenvalue weighted by atomic mass is 9.82. The highest BCUT2D eigenvalue weighted by atomic mass is 16.6. The summed E-state index contributed by atoms with van der Waals surface area (Å²) in [6, 6.07) is 63.0. The molecule has 2 aromatic heterocycles. The van der Waals surface area contributed by atoms with Gasteiger partial charge in [0.2, 0.25) is 0 Å². The zero-order valence-corrected chi connectivity index (χ0v) is 32.9. The van der Waals surface area contributed by atoms with Gasteiger partial charge in [-0.1, -0.05) is 129 Å². The maximum Gasteiger partial charge on any atom is 0.170 e. The van der Waals surface area contributed by atoms with E-state index >= 15 is 0 Å². The molecule has 12 rings (SSSR count). The molecule has 8 aromatic carbocycles. The number of fused-ring (bicyclic) bond motifs is 8. The number of para-hydroxylation sites is 2. The number of ether oxygens (including phenoxy) is 2. The van der Waals surface area contributed by atoms with Gasteiger partial charge in [-0.2, -0.15) is 0 Å². The largest absolute Gasteiger partial charge is 0.450 e. The van der Waals surface area contributed by atoms with Crippen LogP contribution in [0.5, 0.6) is 23.0 Å². The third-order valence-electron chi connectivity index (χ3n) is 12.1. The van der Waals surface area contributed by atoms with E-state index in [1.807, 2.05) is 42.5 Å². The molecule has 0 fully saturated rings. The minimum absolute atomic E-state index is 0.125. The van der Waals surface area contributed by atoms with Crippen molar-refractivity contribution >= 4 is 21.8 Å². The summed E-state index contributed by atoms with van der Waals surface area (Å²) >= 11 is 0. The van der Waals surface area contributed by atoms with Gasteiger partial charge >= 0.3 is 0 Å². The molecule has 0 unspecified atom stereocenters. The first-order valence-electron chi connectivity index (χ1n) is 20.3. The molecule has 1 aliphatic heterocycles. The van der Waals surface area contributed by atoms with Crippen LogP contribution < -0.4 is 9.47 Å². The molecule has 0 saturated heterocycles. The van der Waals surface area contributed by atoms with Gasteiger partial charge in [0.25, 0.3) is 0 Å². The van der Waals surface area contributed by atoms with Crippen LogP contribution in [0.25, 0.3) is 83.9 Å². The van der Waals surface area contributed by atoms with Gasteiger partial charge in [0.1, 0.15) is 0 Å². The molecule has 6 heteroatoms. The third kappa shape index (κ3) is 5.38. The highest BCUT2D eigenvalue weighted by molar-refractivity contribution is 6.09. The van der Waals surface area contributed by atoms with E-state index in [4.69, 9.17) is 24.4 Å². The minimum atomic E-state index is -0.125. The smallest absolute Gasteiger partial charge is 0.170 e. The Balaban J connectivity index is 0.900. The van der Waals surface area contributed by atoms with Gasteiger partial charge < -0.3 is 14.0 Å². The summed E-state index contributed by atoms with van der Waals surface area (Å²) in [6.07, 6.45) is 0. The van der Waals surface area contributed by atoms with Crippen molar-refractivity contribution in [3.63, 3.8) is 0 Å². The monoisotopic (exact) mass is 772 g/mol. The second-order valence-corrected chi connectivity index (χ2v) is 16.1. The van der Waals surface area contributed by atoms with Gasteiger partial charge in [0.05, 0.1) is 11.0 Å². The molecule has 0 bridgehead atoms. The standard InChI is InChI=1S/C54H36N4O2/c1-54(2)43-20-9-6-17-39(43)42-31-49-50(32-44(42)54)59-47-28-25-36(30-48(47)60-49)35-15-12-16-37(29-35)53-56-51(33-13-4-3-5-14-33)55-52(57-53)34-23-26-38(27-24-34)58-45-21-10-7-18-40(45)41-19-8-11-22-46(41)58/h3-32H,1-2H3. The highest BCUT2D eigenvalue weighted by Gasteiger charge is 2.37.